The molecule has 0 aliphatic heterocycles. The summed E-state index contributed by atoms with van der Waals surface area (Å²) in [7, 11) is 0. The predicted molar refractivity (Wildman–Crippen MR) is 96.4 cm³/mol. The van der Waals surface area contributed by atoms with Crippen LogP contribution in [0, 0.1) is 6.92 Å². The van der Waals surface area contributed by atoms with Crippen LogP contribution in [0.2, 0.25) is 0 Å². The third-order valence-corrected chi connectivity index (χ3v) is 3.67. The first kappa shape index (κ1) is 15.7. The molecule has 3 rings (SSSR count). The molecule has 1 amide bonds. The largest absolute Gasteiger partial charge is 0.483 e. The van der Waals surface area contributed by atoms with Crippen molar-refractivity contribution in [1.82, 2.24) is 5.43 Å². The van der Waals surface area contributed by atoms with Crippen molar-refractivity contribution in [3.05, 3.63) is 77.9 Å². The minimum atomic E-state index is -0.297. The van der Waals surface area contributed by atoms with E-state index < -0.39 is 0 Å². The molecule has 4 heteroatoms. The van der Waals surface area contributed by atoms with Crippen LogP contribution >= 0.6 is 0 Å². The van der Waals surface area contributed by atoms with Crippen LogP contribution in [-0.2, 0) is 4.79 Å². The van der Waals surface area contributed by atoms with Crippen molar-refractivity contribution in [2.24, 2.45) is 5.10 Å². The smallest absolute Gasteiger partial charge is 0.277 e. The first-order chi connectivity index (χ1) is 11.7. The molecular weight excluding hydrogens is 300 g/mol. The van der Waals surface area contributed by atoms with E-state index in [2.05, 4.69) is 10.5 Å². The van der Waals surface area contributed by atoms with Crippen LogP contribution < -0.4 is 10.2 Å². The normalized spacial score (nSPS) is 10.9. The number of benzene rings is 3. The summed E-state index contributed by atoms with van der Waals surface area (Å²) < 4.78 is 5.49. The lowest BCUT2D eigenvalue weighted by molar-refractivity contribution is -0.123. The molecule has 0 bridgehead atoms. The summed E-state index contributed by atoms with van der Waals surface area (Å²) in [6, 6.07) is 21.6. The highest BCUT2D eigenvalue weighted by Gasteiger charge is 2.03. The molecular formula is C20H18N2O2. The van der Waals surface area contributed by atoms with Gasteiger partial charge in [-0.25, -0.2) is 5.43 Å². The van der Waals surface area contributed by atoms with Crippen molar-refractivity contribution in [3.63, 3.8) is 0 Å². The number of hydrogen-bond acceptors (Lipinski definition) is 3. The van der Waals surface area contributed by atoms with Crippen molar-refractivity contribution >= 4 is 22.9 Å². The number of hydrogen-bond donors (Lipinski definition) is 1. The highest BCUT2D eigenvalue weighted by Crippen LogP contribution is 2.17. The molecule has 0 aromatic heterocycles. The van der Waals surface area contributed by atoms with Gasteiger partial charge in [-0.05, 0) is 29.3 Å². The first-order valence-corrected chi connectivity index (χ1v) is 7.72. The molecule has 0 fully saturated rings. The number of nitrogens with one attached hydrogen (secondary N) is 1. The van der Waals surface area contributed by atoms with Gasteiger partial charge in [0.15, 0.2) is 6.61 Å². The number of aryl methyl sites for hydroxylation is 1. The Kier molecular flexibility index (Phi) is 4.87. The maximum atomic E-state index is 11.8. The van der Waals surface area contributed by atoms with Crippen LogP contribution in [0.1, 0.15) is 11.1 Å². The Labute approximate surface area is 140 Å². The number of carbonyl (C=O) groups is 1. The molecule has 0 aliphatic rings. The zero-order valence-electron chi connectivity index (χ0n) is 13.4. The van der Waals surface area contributed by atoms with E-state index in [1.807, 2.05) is 73.7 Å². The molecule has 0 saturated heterocycles. The summed E-state index contributed by atoms with van der Waals surface area (Å²) in [5.41, 5.74) is 4.43. The van der Waals surface area contributed by atoms with E-state index in [-0.39, 0.29) is 12.5 Å². The van der Waals surface area contributed by atoms with Gasteiger partial charge in [0.25, 0.3) is 5.91 Å². The predicted octanol–water partition coefficient (Wildman–Crippen LogP) is 3.68. The van der Waals surface area contributed by atoms with E-state index in [0.29, 0.717) is 5.75 Å². The van der Waals surface area contributed by atoms with Crippen molar-refractivity contribution in [2.75, 3.05) is 6.61 Å². The topological polar surface area (TPSA) is 50.7 Å². The Morgan fingerprint density at radius 2 is 1.79 bits per heavy atom. The van der Waals surface area contributed by atoms with Crippen molar-refractivity contribution in [1.29, 1.82) is 0 Å². The fourth-order valence-corrected chi connectivity index (χ4v) is 2.43. The summed E-state index contributed by atoms with van der Waals surface area (Å²) in [5, 5.41) is 6.25. The number of carbonyl (C=O) groups excluding carboxylic acids is 1. The van der Waals surface area contributed by atoms with E-state index in [9.17, 15) is 4.79 Å². The van der Waals surface area contributed by atoms with Gasteiger partial charge in [-0.15, -0.1) is 0 Å². The van der Waals surface area contributed by atoms with E-state index in [0.717, 1.165) is 21.9 Å². The molecule has 0 heterocycles. The van der Waals surface area contributed by atoms with Gasteiger partial charge in [-0.1, -0.05) is 60.7 Å². The molecule has 4 nitrogen and oxygen atoms in total. The van der Waals surface area contributed by atoms with Gasteiger partial charge < -0.3 is 4.74 Å². The Morgan fingerprint density at radius 1 is 1.04 bits per heavy atom. The third kappa shape index (κ3) is 3.79. The van der Waals surface area contributed by atoms with E-state index in [1.54, 1.807) is 6.21 Å². The van der Waals surface area contributed by atoms with Crippen molar-refractivity contribution in [2.45, 2.75) is 6.92 Å². The molecule has 0 saturated carbocycles. The zero-order valence-corrected chi connectivity index (χ0v) is 13.4. The van der Waals surface area contributed by atoms with Gasteiger partial charge in [0.05, 0.1) is 6.21 Å². The average Bonchev–Trinajstić information content (AvgIpc) is 2.61. The Balaban J connectivity index is 1.59. The van der Waals surface area contributed by atoms with Gasteiger partial charge in [-0.3, -0.25) is 4.79 Å². The monoisotopic (exact) mass is 318 g/mol. The molecule has 0 atom stereocenters. The quantitative estimate of drug-likeness (QED) is 0.576. The number of hydrazone groups is 1. The molecule has 120 valence electrons. The fourth-order valence-electron chi connectivity index (χ4n) is 2.43. The van der Waals surface area contributed by atoms with Gasteiger partial charge in [0.1, 0.15) is 5.75 Å². The molecule has 0 aliphatic carbocycles. The van der Waals surface area contributed by atoms with Gasteiger partial charge in [0, 0.05) is 5.56 Å². The lowest BCUT2D eigenvalue weighted by atomic mass is 10.1. The van der Waals surface area contributed by atoms with Crippen molar-refractivity contribution in [3.8, 4) is 5.75 Å². The summed E-state index contributed by atoms with van der Waals surface area (Å²) in [6.45, 7) is 1.86. The minimum Gasteiger partial charge on any atom is -0.483 e. The minimum absolute atomic E-state index is 0.0717. The number of fused-ring (bicyclic) bond motifs is 1. The average molecular weight is 318 g/mol. The lowest BCUT2D eigenvalue weighted by Gasteiger charge is -2.07. The summed E-state index contributed by atoms with van der Waals surface area (Å²) in [5.74, 6) is 0.403. The Morgan fingerprint density at radius 3 is 2.67 bits per heavy atom. The molecule has 3 aromatic rings. The number of para-hydroxylation sites is 1. The van der Waals surface area contributed by atoms with Gasteiger partial charge in [0.2, 0.25) is 0 Å². The van der Waals surface area contributed by atoms with Crippen LogP contribution in [0.3, 0.4) is 0 Å². The molecule has 3 aromatic carbocycles. The number of ether oxygens (including phenoxy) is 1. The van der Waals surface area contributed by atoms with E-state index >= 15 is 0 Å². The summed E-state index contributed by atoms with van der Waals surface area (Å²) >= 11 is 0. The molecule has 0 radical (unpaired) electrons. The van der Waals surface area contributed by atoms with Gasteiger partial charge >= 0.3 is 0 Å². The summed E-state index contributed by atoms with van der Waals surface area (Å²) in [4.78, 5) is 11.8. The maximum Gasteiger partial charge on any atom is 0.277 e. The van der Waals surface area contributed by atoms with Gasteiger partial charge in [-0.2, -0.15) is 5.10 Å². The zero-order chi connectivity index (χ0) is 16.8. The van der Waals surface area contributed by atoms with Crippen molar-refractivity contribution < 1.29 is 9.53 Å². The lowest BCUT2D eigenvalue weighted by Crippen LogP contribution is -2.24. The second-order valence-electron chi connectivity index (χ2n) is 5.42. The number of amides is 1. The van der Waals surface area contributed by atoms with Crippen LogP contribution in [0.15, 0.2) is 71.8 Å². The first-order valence-electron chi connectivity index (χ1n) is 7.72. The molecule has 24 heavy (non-hydrogen) atoms. The Hall–Kier alpha value is -3.14. The standard InChI is InChI=1S/C20H18N2O2/c1-15-7-2-5-12-19(15)24-14-20(23)22-21-13-17-10-6-9-16-8-3-4-11-18(16)17/h2-13H,14H2,1H3,(H,22,23). The SMILES string of the molecule is Cc1ccccc1OCC(=O)NN=Cc1cccc2ccccc12. The molecule has 1 N–H and O–H groups in total. The van der Waals surface area contributed by atoms with Crippen LogP contribution in [-0.4, -0.2) is 18.7 Å². The van der Waals surface area contributed by atoms with Crippen LogP contribution in [0.5, 0.6) is 5.75 Å². The van der Waals surface area contributed by atoms with E-state index in [4.69, 9.17) is 4.74 Å². The maximum absolute atomic E-state index is 11.8. The third-order valence-electron chi connectivity index (χ3n) is 3.67. The van der Waals surface area contributed by atoms with E-state index in [1.165, 1.54) is 0 Å². The second-order valence-corrected chi connectivity index (χ2v) is 5.42. The highest BCUT2D eigenvalue weighted by atomic mass is 16.5. The van der Waals surface area contributed by atoms with Crippen LogP contribution in [0.25, 0.3) is 10.8 Å². The van der Waals surface area contributed by atoms with Crippen LogP contribution in [0.4, 0.5) is 0 Å². The highest BCUT2D eigenvalue weighted by molar-refractivity contribution is 5.99. The number of rotatable bonds is 5. The summed E-state index contributed by atoms with van der Waals surface area (Å²) in [6.07, 6.45) is 1.65. The fraction of sp³-hybridized carbons (Fsp3) is 0.100. The Bertz CT molecular complexity index is 882. The number of nitrogens with zero attached hydrogens (tertiary/aromatic N) is 1. The molecule has 0 unspecified atom stereocenters. The second kappa shape index (κ2) is 7.42. The molecule has 0 spiro atoms.